The maximum absolute atomic E-state index is 13.8. The van der Waals surface area contributed by atoms with Gasteiger partial charge in [0.25, 0.3) is 0 Å². The lowest BCUT2D eigenvalue weighted by molar-refractivity contribution is -0.184. The number of urea groups is 1. The maximum atomic E-state index is 13.8. The summed E-state index contributed by atoms with van der Waals surface area (Å²) in [4.78, 5) is 13.3. The molecule has 0 heterocycles. The van der Waals surface area contributed by atoms with Crippen molar-refractivity contribution in [1.82, 2.24) is 10.2 Å². The zero-order valence-electron chi connectivity index (χ0n) is 14.6. The van der Waals surface area contributed by atoms with Crippen LogP contribution in [-0.4, -0.2) is 36.5 Å². The van der Waals surface area contributed by atoms with Gasteiger partial charge in [0.05, 0.1) is 5.92 Å². The summed E-state index contributed by atoms with van der Waals surface area (Å²) < 4.78 is 52.1. The molecule has 1 fully saturated rings. The maximum Gasteiger partial charge on any atom is 0.391 e. The molecule has 0 radical (unpaired) electrons. The Hall–Kier alpha value is -2.12. The molecule has 1 aromatic carbocycles. The van der Waals surface area contributed by atoms with Gasteiger partial charge in [0.15, 0.2) is 0 Å². The van der Waals surface area contributed by atoms with E-state index in [1.54, 1.807) is 12.1 Å². The number of amides is 2. The molecule has 2 rings (SSSR count). The first-order chi connectivity index (χ1) is 12.2. The van der Waals surface area contributed by atoms with Crippen LogP contribution in [0.1, 0.15) is 31.2 Å². The molecular formula is C18H23F4N3O. The number of carbonyl (C=O) groups excluding carboxylic acids is 1. The van der Waals surface area contributed by atoms with Crippen LogP contribution < -0.4 is 5.32 Å². The van der Waals surface area contributed by atoms with Crippen LogP contribution in [0.15, 0.2) is 24.3 Å². The van der Waals surface area contributed by atoms with Gasteiger partial charge in [-0.05, 0) is 43.2 Å². The fourth-order valence-electron chi connectivity index (χ4n) is 3.30. The topological polar surface area (TPSA) is 56.2 Å². The summed E-state index contributed by atoms with van der Waals surface area (Å²) in [6.45, 7) is 0.164. The molecule has 1 saturated carbocycles. The average Bonchev–Trinajstić information content (AvgIpc) is 2.60. The highest BCUT2D eigenvalue weighted by molar-refractivity contribution is 5.96. The molecule has 0 atom stereocenters. The molecule has 0 bridgehead atoms. The minimum Gasteiger partial charge on any atom is -0.341 e. The first kappa shape index (κ1) is 20.2. The molecule has 144 valence electrons. The van der Waals surface area contributed by atoms with Gasteiger partial charge in [-0.25, -0.2) is 9.18 Å². The van der Waals surface area contributed by atoms with Crippen molar-refractivity contribution >= 4 is 11.9 Å². The van der Waals surface area contributed by atoms with Gasteiger partial charge >= 0.3 is 12.2 Å². The number of alkyl halides is 3. The molecule has 8 heteroatoms. The van der Waals surface area contributed by atoms with E-state index in [4.69, 9.17) is 5.41 Å². The van der Waals surface area contributed by atoms with Gasteiger partial charge in [-0.2, -0.15) is 13.2 Å². The molecule has 2 N–H and O–H groups in total. The van der Waals surface area contributed by atoms with E-state index in [2.05, 4.69) is 5.32 Å². The number of hydrogen-bond donors (Lipinski definition) is 2. The number of hydrogen-bond acceptors (Lipinski definition) is 2. The van der Waals surface area contributed by atoms with Gasteiger partial charge in [-0.3, -0.25) is 10.3 Å². The molecule has 1 aromatic rings. The summed E-state index contributed by atoms with van der Waals surface area (Å²) in [7, 11) is 1.42. The van der Waals surface area contributed by atoms with Crippen LogP contribution in [0.4, 0.5) is 22.4 Å². The fraction of sp³-hybridized carbons (Fsp3) is 0.556. The molecule has 0 spiro atoms. The van der Waals surface area contributed by atoms with Gasteiger partial charge in [-0.1, -0.05) is 18.2 Å². The monoisotopic (exact) mass is 373 g/mol. The highest BCUT2D eigenvalue weighted by Crippen LogP contribution is 2.39. The molecule has 26 heavy (non-hydrogen) atoms. The van der Waals surface area contributed by atoms with Crippen molar-refractivity contribution < 1.29 is 22.4 Å². The Morgan fingerprint density at radius 1 is 1.23 bits per heavy atom. The number of amidine groups is 1. The largest absolute Gasteiger partial charge is 0.391 e. The van der Waals surface area contributed by atoms with Crippen molar-refractivity contribution in [1.29, 1.82) is 5.41 Å². The van der Waals surface area contributed by atoms with Crippen molar-refractivity contribution in [2.24, 2.45) is 11.8 Å². The zero-order chi connectivity index (χ0) is 19.3. The van der Waals surface area contributed by atoms with Crippen LogP contribution in [0.2, 0.25) is 0 Å². The standard InChI is InChI=1S/C18H23F4N3O/c1-24-17(26)25(16(23)10-13-4-2-3-5-15(13)19)11-12-6-8-14(9-7-12)18(20,21)22/h2-5,12,14,23H,6-11H2,1H3,(H,24,26). The Bertz CT molecular complexity index is 640. The summed E-state index contributed by atoms with van der Waals surface area (Å²) in [5.41, 5.74) is 0.298. The van der Waals surface area contributed by atoms with Crippen LogP contribution in [0.5, 0.6) is 0 Å². The summed E-state index contributed by atoms with van der Waals surface area (Å²) in [5, 5.41) is 10.6. The molecule has 1 aliphatic carbocycles. The van der Waals surface area contributed by atoms with E-state index >= 15 is 0 Å². The third kappa shape index (κ3) is 5.19. The third-order valence-electron chi connectivity index (χ3n) is 4.85. The van der Waals surface area contributed by atoms with Crippen molar-refractivity contribution in [3.8, 4) is 0 Å². The minimum atomic E-state index is -4.18. The summed E-state index contributed by atoms with van der Waals surface area (Å²) in [6, 6.07) is 5.50. The number of benzene rings is 1. The molecule has 0 aromatic heterocycles. The van der Waals surface area contributed by atoms with Crippen molar-refractivity contribution in [2.75, 3.05) is 13.6 Å². The Kier molecular flexibility index (Phi) is 6.61. The highest BCUT2D eigenvalue weighted by Gasteiger charge is 2.41. The van der Waals surface area contributed by atoms with Crippen LogP contribution in [-0.2, 0) is 6.42 Å². The predicted molar refractivity (Wildman–Crippen MR) is 90.5 cm³/mol. The number of nitrogens with one attached hydrogen (secondary N) is 2. The van der Waals surface area contributed by atoms with E-state index in [1.165, 1.54) is 24.1 Å². The number of rotatable bonds is 4. The van der Waals surface area contributed by atoms with Crippen LogP contribution >= 0.6 is 0 Å². The first-order valence-corrected chi connectivity index (χ1v) is 8.59. The molecular weight excluding hydrogens is 350 g/mol. The van der Waals surface area contributed by atoms with Gasteiger partial charge in [0.1, 0.15) is 11.7 Å². The van der Waals surface area contributed by atoms with Crippen LogP contribution in [0, 0.1) is 23.1 Å². The van der Waals surface area contributed by atoms with E-state index in [1.807, 2.05) is 0 Å². The highest BCUT2D eigenvalue weighted by atomic mass is 19.4. The fourth-order valence-corrected chi connectivity index (χ4v) is 3.30. The third-order valence-corrected chi connectivity index (χ3v) is 4.85. The SMILES string of the molecule is CNC(=O)N(CC1CCC(C(F)(F)F)CC1)C(=N)Cc1ccccc1F. The van der Waals surface area contributed by atoms with E-state index in [0.29, 0.717) is 18.4 Å². The second-order valence-corrected chi connectivity index (χ2v) is 6.64. The predicted octanol–water partition coefficient (Wildman–Crippen LogP) is 4.36. The lowest BCUT2D eigenvalue weighted by atomic mass is 9.81. The Balaban J connectivity index is 2.01. The Morgan fingerprint density at radius 2 is 1.85 bits per heavy atom. The van der Waals surface area contributed by atoms with Gasteiger partial charge in [-0.15, -0.1) is 0 Å². The van der Waals surface area contributed by atoms with E-state index in [0.717, 1.165) is 0 Å². The molecule has 2 amide bonds. The summed E-state index contributed by atoms with van der Waals surface area (Å²) in [5.74, 6) is -1.93. The van der Waals surface area contributed by atoms with Crippen LogP contribution in [0.25, 0.3) is 0 Å². The van der Waals surface area contributed by atoms with E-state index in [9.17, 15) is 22.4 Å². The number of carbonyl (C=O) groups is 1. The van der Waals surface area contributed by atoms with Crippen molar-refractivity contribution in [3.63, 3.8) is 0 Å². The lowest BCUT2D eigenvalue weighted by Crippen LogP contribution is -2.46. The van der Waals surface area contributed by atoms with Crippen molar-refractivity contribution in [3.05, 3.63) is 35.6 Å². The summed E-state index contributed by atoms with van der Waals surface area (Å²) in [6.07, 6.45) is -3.46. The van der Waals surface area contributed by atoms with Gasteiger partial charge < -0.3 is 5.32 Å². The Morgan fingerprint density at radius 3 is 2.38 bits per heavy atom. The van der Waals surface area contributed by atoms with E-state index in [-0.39, 0.29) is 37.6 Å². The Labute approximate surface area is 150 Å². The smallest absolute Gasteiger partial charge is 0.341 e. The molecule has 4 nitrogen and oxygen atoms in total. The van der Waals surface area contributed by atoms with Crippen molar-refractivity contribution in [2.45, 2.75) is 38.3 Å². The minimum absolute atomic E-state index is 0.0381. The van der Waals surface area contributed by atoms with E-state index < -0.39 is 23.9 Å². The zero-order valence-corrected chi connectivity index (χ0v) is 14.6. The first-order valence-electron chi connectivity index (χ1n) is 8.59. The average molecular weight is 373 g/mol. The molecule has 0 aliphatic heterocycles. The molecule has 0 unspecified atom stereocenters. The molecule has 0 saturated heterocycles. The lowest BCUT2D eigenvalue weighted by Gasteiger charge is -2.33. The normalized spacial score (nSPS) is 20.5. The second kappa shape index (κ2) is 8.51. The second-order valence-electron chi connectivity index (χ2n) is 6.64. The van der Waals surface area contributed by atoms with Gasteiger partial charge in [0.2, 0.25) is 0 Å². The van der Waals surface area contributed by atoms with Crippen LogP contribution in [0.3, 0.4) is 0 Å². The summed E-state index contributed by atoms with van der Waals surface area (Å²) >= 11 is 0. The molecule has 1 aliphatic rings. The number of halogens is 4. The quantitative estimate of drug-likeness (QED) is 0.460. The number of nitrogens with zero attached hydrogens (tertiary/aromatic N) is 1. The van der Waals surface area contributed by atoms with Gasteiger partial charge in [0, 0.05) is 20.0 Å².